The highest BCUT2D eigenvalue weighted by Gasteiger charge is 2.33. The second-order valence-corrected chi connectivity index (χ2v) is 4.43. The predicted octanol–water partition coefficient (Wildman–Crippen LogP) is 4.49. The van der Waals surface area contributed by atoms with Crippen LogP contribution in [0.15, 0.2) is 36.7 Å². The number of alkyl halides is 3. The molecule has 0 saturated carbocycles. The Bertz CT molecular complexity index is 675. The van der Waals surface area contributed by atoms with Crippen molar-refractivity contribution in [2.75, 3.05) is 0 Å². The van der Waals surface area contributed by atoms with E-state index >= 15 is 0 Å². The third kappa shape index (κ3) is 2.75. The average Bonchev–Trinajstić information content (AvgIpc) is 2.40. The Morgan fingerprint density at radius 3 is 2.50 bits per heavy atom. The number of benzene rings is 1. The zero-order valence-corrected chi connectivity index (χ0v) is 10.8. The van der Waals surface area contributed by atoms with Crippen molar-refractivity contribution >= 4 is 11.6 Å². The van der Waals surface area contributed by atoms with Gasteiger partial charge in [0.2, 0.25) is 0 Å². The van der Waals surface area contributed by atoms with Crippen LogP contribution < -0.4 is 0 Å². The first-order valence-electron chi connectivity index (χ1n) is 5.61. The van der Waals surface area contributed by atoms with Gasteiger partial charge in [0, 0.05) is 18.0 Å². The van der Waals surface area contributed by atoms with Gasteiger partial charge in [0.25, 0.3) is 0 Å². The van der Waals surface area contributed by atoms with Crippen molar-refractivity contribution in [1.29, 1.82) is 5.26 Å². The van der Waals surface area contributed by atoms with E-state index in [0.29, 0.717) is 5.56 Å². The summed E-state index contributed by atoms with van der Waals surface area (Å²) in [6.45, 7) is 0. The Morgan fingerprint density at radius 2 is 1.85 bits per heavy atom. The molecule has 102 valence electrons. The largest absolute Gasteiger partial charge is 0.417 e. The molecular weight excluding hydrogens is 289 g/mol. The minimum Gasteiger partial charge on any atom is -0.263 e. The number of nitriles is 1. The van der Waals surface area contributed by atoms with Crippen LogP contribution in [0.4, 0.5) is 13.2 Å². The Labute approximate surface area is 118 Å². The van der Waals surface area contributed by atoms with Gasteiger partial charge in [-0.25, -0.2) is 0 Å². The molecule has 1 heterocycles. The summed E-state index contributed by atoms with van der Waals surface area (Å²) >= 11 is 5.93. The average molecular weight is 297 g/mol. The van der Waals surface area contributed by atoms with Crippen molar-refractivity contribution < 1.29 is 13.2 Å². The van der Waals surface area contributed by atoms with Gasteiger partial charge in [-0.05, 0) is 17.2 Å². The number of halogens is 4. The van der Waals surface area contributed by atoms with Crippen molar-refractivity contribution in [3.05, 3.63) is 52.8 Å². The van der Waals surface area contributed by atoms with Gasteiger partial charge in [0.15, 0.2) is 0 Å². The van der Waals surface area contributed by atoms with E-state index < -0.39 is 11.7 Å². The van der Waals surface area contributed by atoms with Crippen LogP contribution in [0.3, 0.4) is 0 Å². The summed E-state index contributed by atoms with van der Waals surface area (Å²) in [5.41, 5.74) is -0.226. The van der Waals surface area contributed by atoms with Crippen LogP contribution in [0.2, 0.25) is 5.02 Å². The smallest absolute Gasteiger partial charge is 0.263 e. The van der Waals surface area contributed by atoms with Gasteiger partial charge in [0.1, 0.15) is 0 Å². The molecule has 0 spiro atoms. The van der Waals surface area contributed by atoms with Crippen LogP contribution in [-0.2, 0) is 12.6 Å². The second kappa shape index (κ2) is 5.51. The summed E-state index contributed by atoms with van der Waals surface area (Å²) in [6.07, 6.45) is -1.96. The van der Waals surface area contributed by atoms with Gasteiger partial charge >= 0.3 is 6.18 Å². The number of pyridine rings is 1. The monoisotopic (exact) mass is 296 g/mol. The highest BCUT2D eigenvalue weighted by atomic mass is 35.5. The molecule has 2 aromatic rings. The van der Waals surface area contributed by atoms with E-state index in [1.807, 2.05) is 6.07 Å². The van der Waals surface area contributed by atoms with E-state index in [2.05, 4.69) is 4.98 Å². The zero-order valence-electron chi connectivity index (χ0n) is 10.1. The quantitative estimate of drug-likeness (QED) is 0.819. The molecule has 0 saturated heterocycles. The lowest BCUT2D eigenvalue weighted by Crippen LogP contribution is -2.07. The molecule has 1 aromatic carbocycles. The summed E-state index contributed by atoms with van der Waals surface area (Å²) in [5, 5.41) is 8.97. The van der Waals surface area contributed by atoms with Crippen LogP contribution >= 0.6 is 11.6 Å². The first-order chi connectivity index (χ1) is 9.45. The molecule has 0 aliphatic heterocycles. The summed E-state index contributed by atoms with van der Waals surface area (Å²) in [6, 6.07) is 7.05. The third-order valence-electron chi connectivity index (χ3n) is 2.78. The highest BCUT2D eigenvalue weighted by molar-refractivity contribution is 6.31. The first-order valence-corrected chi connectivity index (χ1v) is 5.99. The first kappa shape index (κ1) is 14.4. The molecule has 1 aromatic heterocycles. The molecule has 0 atom stereocenters. The summed E-state index contributed by atoms with van der Waals surface area (Å²) in [7, 11) is 0. The molecule has 0 N–H and O–H groups in total. The van der Waals surface area contributed by atoms with Crippen molar-refractivity contribution in [1.82, 2.24) is 4.98 Å². The fourth-order valence-corrected chi connectivity index (χ4v) is 2.14. The Morgan fingerprint density at radius 1 is 1.15 bits per heavy atom. The molecule has 2 nitrogen and oxygen atoms in total. The maximum atomic E-state index is 13.0. The third-order valence-corrected chi connectivity index (χ3v) is 3.11. The molecule has 0 fully saturated rings. The number of rotatable bonds is 2. The SMILES string of the molecule is N#CCc1c(Cl)cncc1-c1ccccc1C(F)(F)F. The Kier molecular flexibility index (Phi) is 3.96. The van der Waals surface area contributed by atoms with Crippen molar-refractivity contribution in [2.24, 2.45) is 0 Å². The summed E-state index contributed by atoms with van der Waals surface area (Å²) < 4.78 is 39.1. The van der Waals surface area contributed by atoms with Crippen LogP contribution in [0.1, 0.15) is 11.1 Å². The van der Waals surface area contributed by atoms with Gasteiger partial charge in [-0.15, -0.1) is 0 Å². The van der Waals surface area contributed by atoms with Gasteiger partial charge in [-0.2, -0.15) is 18.4 Å². The normalized spacial score (nSPS) is 11.2. The van der Waals surface area contributed by atoms with Crippen LogP contribution in [-0.4, -0.2) is 4.98 Å². The minimum absolute atomic E-state index is 0.0275. The molecule has 0 bridgehead atoms. The number of nitrogens with zero attached hydrogens (tertiary/aromatic N) is 2. The van der Waals surface area contributed by atoms with E-state index in [0.717, 1.165) is 6.07 Å². The van der Waals surface area contributed by atoms with Gasteiger partial charge in [-0.1, -0.05) is 29.8 Å². The van der Waals surface area contributed by atoms with E-state index in [9.17, 15) is 13.2 Å². The van der Waals surface area contributed by atoms with Crippen molar-refractivity contribution in [2.45, 2.75) is 12.6 Å². The van der Waals surface area contributed by atoms with E-state index in [1.54, 1.807) is 0 Å². The van der Waals surface area contributed by atoms with E-state index in [1.165, 1.54) is 30.6 Å². The Hall–Kier alpha value is -2.06. The molecule has 20 heavy (non-hydrogen) atoms. The van der Waals surface area contributed by atoms with Crippen LogP contribution in [0.25, 0.3) is 11.1 Å². The molecule has 2 rings (SSSR count). The predicted molar refractivity (Wildman–Crippen MR) is 69.0 cm³/mol. The fraction of sp³-hybridized carbons (Fsp3) is 0.143. The standard InChI is InChI=1S/C14H8ClF3N2/c15-13-8-20-7-11(10(13)5-6-19)9-3-1-2-4-12(9)14(16,17)18/h1-4,7-8H,5H2. The maximum absolute atomic E-state index is 13.0. The number of hydrogen-bond donors (Lipinski definition) is 0. The lowest BCUT2D eigenvalue weighted by molar-refractivity contribution is -0.137. The molecule has 6 heteroatoms. The second-order valence-electron chi connectivity index (χ2n) is 4.03. The lowest BCUT2D eigenvalue weighted by Gasteiger charge is -2.15. The van der Waals surface area contributed by atoms with Gasteiger partial charge < -0.3 is 0 Å². The van der Waals surface area contributed by atoms with Crippen molar-refractivity contribution in [3.8, 4) is 17.2 Å². The molecular formula is C14H8ClF3N2. The van der Waals surface area contributed by atoms with Gasteiger partial charge in [0.05, 0.1) is 23.1 Å². The highest BCUT2D eigenvalue weighted by Crippen LogP contribution is 2.39. The van der Waals surface area contributed by atoms with Gasteiger partial charge in [-0.3, -0.25) is 4.98 Å². The van der Waals surface area contributed by atoms with E-state index in [-0.39, 0.29) is 22.6 Å². The topological polar surface area (TPSA) is 36.7 Å². The van der Waals surface area contributed by atoms with Crippen LogP contribution in [0.5, 0.6) is 0 Å². The molecule has 0 aliphatic rings. The summed E-state index contributed by atoms with van der Waals surface area (Å²) in [5.74, 6) is 0. The molecule has 0 amide bonds. The lowest BCUT2D eigenvalue weighted by atomic mass is 9.95. The van der Waals surface area contributed by atoms with E-state index in [4.69, 9.17) is 16.9 Å². The molecule has 0 aliphatic carbocycles. The van der Waals surface area contributed by atoms with Crippen molar-refractivity contribution in [3.63, 3.8) is 0 Å². The fourth-order valence-electron chi connectivity index (χ4n) is 1.92. The zero-order chi connectivity index (χ0) is 14.8. The molecule has 0 radical (unpaired) electrons. The number of hydrogen-bond acceptors (Lipinski definition) is 2. The Balaban J connectivity index is 2.70. The molecule has 0 unspecified atom stereocenters. The van der Waals surface area contributed by atoms with Crippen LogP contribution in [0, 0.1) is 11.3 Å². The minimum atomic E-state index is -4.48. The maximum Gasteiger partial charge on any atom is 0.417 e. The number of aromatic nitrogens is 1. The summed E-state index contributed by atoms with van der Waals surface area (Å²) in [4.78, 5) is 3.82.